The minimum atomic E-state index is -0.132. The van der Waals surface area contributed by atoms with Gasteiger partial charge in [-0.15, -0.1) is 21.5 Å². The molecule has 0 radical (unpaired) electrons. The van der Waals surface area contributed by atoms with Crippen molar-refractivity contribution in [1.82, 2.24) is 25.1 Å². The van der Waals surface area contributed by atoms with Crippen LogP contribution in [-0.4, -0.2) is 32.2 Å². The zero-order chi connectivity index (χ0) is 20.9. The van der Waals surface area contributed by atoms with Gasteiger partial charge in [0, 0.05) is 11.9 Å². The van der Waals surface area contributed by atoms with Gasteiger partial charge in [-0.05, 0) is 37.1 Å². The van der Waals surface area contributed by atoms with Gasteiger partial charge in [-0.3, -0.25) is 9.36 Å². The molecule has 9 heteroatoms. The Labute approximate surface area is 182 Å². The lowest BCUT2D eigenvalue weighted by atomic mass is 10.2. The van der Waals surface area contributed by atoms with E-state index in [2.05, 4.69) is 33.5 Å². The van der Waals surface area contributed by atoms with Crippen molar-refractivity contribution in [2.45, 2.75) is 31.2 Å². The molecule has 0 aliphatic heterocycles. The van der Waals surface area contributed by atoms with E-state index >= 15 is 0 Å². The van der Waals surface area contributed by atoms with Crippen molar-refractivity contribution < 1.29 is 9.21 Å². The molecular weight excluding hydrogens is 418 g/mol. The summed E-state index contributed by atoms with van der Waals surface area (Å²) in [5, 5.41) is 15.0. The summed E-state index contributed by atoms with van der Waals surface area (Å²) >= 11 is 3.00. The number of carbonyl (C=O) groups is 1. The number of nitrogens with zero attached hydrogens (tertiary/aromatic N) is 4. The lowest BCUT2D eigenvalue weighted by molar-refractivity contribution is 0.0949. The van der Waals surface area contributed by atoms with E-state index in [-0.39, 0.29) is 5.91 Å². The largest absolute Gasteiger partial charge is 0.461 e. The van der Waals surface area contributed by atoms with Gasteiger partial charge in [0.25, 0.3) is 5.91 Å². The Morgan fingerprint density at radius 3 is 2.87 bits per heavy atom. The summed E-state index contributed by atoms with van der Waals surface area (Å²) in [5.74, 6) is 1.76. The highest BCUT2D eigenvalue weighted by Gasteiger charge is 2.20. The monoisotopic (exact) mass is 439 g/mol. The Morgan fingerprint density at radius 2 is 2.10 bits per heavy atom. The molecule has 0 bridgehead atoms. The molecule has 1 N–H and O–H groups in total. The second kappa shape index (κ2) is 9.27. The molecule has 1 amide bonds. The van der Waals surface area contributed by atoms with Crippen molar-refractivity contribution in [3.8, 4) is 17.3 Å². The van der Waals surface area contributed by atoms with E-state index in [1.807, 2.05) is 41.8 Å². The Morgan fingerprint density at radius 1 is 1.23 bits per heavy atom. The number of rotatable bonds is 8. The van der Waals surface area contributed by atoms with Crippen LogP contribution in [0, 0.1) is 6.92 Å². The van der Waals surface area contributed by atoms with E-state index < -0.39 is 0 Å². The molecule has 7 nitrogen and oxygen atoms in total. The first-order valence-corrected chi connectivity index (χ1v) is 11.4. The summed E-state index contributed by atoms with van der Waals surface area (Å²) in [5.41, 5.74) is 2.56. The number of nitrogens with one attached hydrogen (secondary N) is 1. The lowest BCUT2D eigenvalue weighted by Crippen LogP contribution is -2.24. The highest BCUT2D eigenvalue weighted by Crippen LogP contribution is 2.31. The van der Waals surface area contributed by atoms with Gasteiger partial charge in [-0.1, -0.05) is 36.9 Å². The molecule has 0 aliphatic carbocycles. The van der Waals surface area contributed by atoms with Gasteiger partial charge in [-0.2, -0.15) is 0 Å². The van der Waals surface area contributed by atoms with Crippen molar-refractivity contribution in [2.24, 2.45) is 0 Å². The van der Waals surface area contributed by atoms with Gasteiger partial charge in [0.1, 0.15) is 10.7 Å². The van der Waals surface area contributed by atoms with Crippen LogP contribution < -0.4 is 5.32 Å². The van der Waals surface area contributed by atoms with E-state index in [0.717, 1.165) is 27.8 Å². The highest BCUT2D eigenvalue weighted by molar-refractivity contribution is 7.98. The van der Waals surface area contributed by atoms with Crippen LogP contribution >= 0.6 is 23.1 Å². The van der Waals surface area contributed by atoms with Gasteiger partial charge in [-0.25, -0.2) is 4.98 Å². The van der Waals surface area contributed by atoms with E-state index in [1.54, 1.807) is 11.6 Å². The molecule has 30 heavy (non-hydrogen) atoms. The van der Waals surface area contributed by atoms with E-state index in [4.69, 9.17) is 4.42 Å². The number of amides is 1. The molecule has 1 aromatic carbocycles. The lowest BCUT2D eigenvalue weighted by Gasteiger charge is -2.11. The number of carbonyl (C=O) groups excluding carboxylic acids is 1. The molecule has 4 aromatic rings. The minimum Gasteiger partial charge on any atom is -0.461 e. The normalized spacial score (nSPS) is 11.0. The number of para-hydroxylation sites is 1. The van der Waals surface area contributed by atoms with Crippen molar-refractivity contribution in [3.05, 3.63) is 64.3 Å². The summed E-state index contributed by atoms with van der Waals surface area (Å²) in [6.45, 7) is 4.72. The Kier molecular flexibility index (Phi) is 6.29. The van der Waals surface area contributed by atoms with E-state index in [1.165, 1.54) is 23.1 Å². The zero-order valence-electron chi connectivity index (χ0n) is 16.7. The molecule has 4 rings (SSSR count). The molecule has 0 atom stereocenters. The number of furan rings is 1. The number of hydrogen-bond donors (Lipinski definition) is 1. The summed E-state index contributed by atoms with van der Waals surface area (Å²) in [6, 6.07) is 11.8. The molecule has 0 spiro atoms. The number of aryl methyl sites for hydroxylation is 1. The first kappa shape index (κ1) is 20.4. The number of hydrogen-bond acceptors (Lipinski definition) is 7. The molecule has 3 heterocycles. The molecule has 0 saturated heterocycles. The number of thioether (sulfide) groups is 1. The third-order valence-corrected chi connectivity index (χ3v) is 6.35. The van der Waals surface area contributed by atoms with Crippen LogP contribution in [0.5, 0.6) is 0 Å². The second-order valence-electron chi connectivity index (χ2n) is 6.58. The summed E-state index contributed by atoms with van der Waals surface area (Å²) < 4.78 is 7.57. The van der Waals surface area contributed by atoms with Gasteiger partial charge < -0.3 is 9.73 Å². The first-order chi connectivity index (χ1) is 14.7. The standard InChI is InChI=1S/C21H21N5O2S2/c1-3-10-22-20(27)15-12-29-18(23-15)13-30-21-25-24-19(17-9-6-11-28-17)26(21)16-8-5-4-7-14(16)2/h4-9,11-12H,3,10,13H2,1-2H3,(H,22,27). The molecule has 3 aromatic heterocycles. The smallest absolute Gasteiger partial charge is 0.270 e. The number of benzene rings is 1. The SMILES string of the molecule is CCCNC(=O)c1csc(CSc2nnc(-c3ccco3)n2-c2ccccc2C)n1. The van der Waals surface area contributed by atoms with Crippen LogP contribution in [0.3, 0.4) is 0 Å². The maximum Gasteiger partial charge on any atom is 0.270 e. The maximum atomic E-state index is 12.1. The van der Waals surface area contributed by atoms with E-state index in [0.29, 0.717) is 29.6 Å². The summed E-state index contributed by atoms with van der Waals surface area (Å²) in [6.07, 6.45) is 2.52. The van der Waals surface area contributed by atoms with Crippen molar-refractivity contribution in [1.29, 1.82) is 0 Å². The van der Waals surface area contributed by atoms with Crippen LogP contribution in [0.1, 0.15) is 34.4 Å². The van der Waals surface area contributed by atoms with Gasteiger partial charge in [0.2, 0.25) is 5.82 Å². The maximum absolute atomic E-state index is 12.1. The topological polar surface area (TPSA) is 85.8 Å². The Hall–Kier alpha value is -2.91. The van der Waals surface area contributed by atoms with Gasteiger partial charge in [0.05, 0.1) is 17.7 Å². The van der Waals surface area contributed by atoms with Gasteiger partial charge >= 0.3 is 0 Å². The minimum absolute atomic E-state index is 0.132. The van der Waals surface area contributed by atoms with Crippen molar-refractivity contribution in [2.75, 3.05) is 6.54 Å². The molecule has 0 saturated carbocycles. The van der Waals surface area contributed by atoms with Crippen molar-refractivity contribution in [3.63, 3.8) is 0 Å². The summed E-state index contributed by atoms with van der Waals surface area (Å²) in [7, 11) is 0. The van der Waals surface area contributed by atoms with Crippen LogP contribution in [0.25, 0.3) is 17.3 Å². The van der Waals surface area contributed by atoms with Crippen LogP contribution in [-0.2, 0) is 5.75 Å². The molecule has 0 unspecified atom stereocenters. The summed E-state index contributed by atoms with van der Waals surface area (Å²) in [4.78, 5) is 16.6. The number of thiazole rings is 1. The number of aromatic nitrogens is 4. The van der Waals surface area contributed by atoms with Crippen molar-refractivity contribution >= 4 is 29.0 Å². The fraction of sp³-hybridized carbons (Fsp3) is 0.238. The zero-order valence-corrected chi connectivity index (χ0v) is 18.3. The molecule has 0 aliphatic rings. The predicted octanol–water partition coefficient (Wildman–Crippen LogP) is 4.72. The Balaban J connectivity index is 1.59. The highest BCUT2D eigenvalue weighted by atomic mass is 32.2. The Bertz CT molecular complexity index is 1130. The van der Waals surface area contributed by atoms with Crippen LogP contribution in [0.15, 0.2) is 57.6 Å². The van der Waals surface area contributed by atoms with Gasteiger partial charge in [0.15, 0.2) is 10.9 Å². The quantitative estimate of drug-likeness (QED) is 0.400. The average molecular weight is 440 g/mol. The second-order valence-corrected chi connectivity index (χ2v) is 8.46. The fourth-order valence-corrected chi connectivity index (χ4v) is 4.63. The van der Waals surface area contributed by atoms with E-state index in [9.17, 15) is 4.79 Å². The third-order valence-electron chi connectivity index (χ3n) is 4.38. The molecule has 0 fully saturated rings. The first-order valence-electron chi connectivity index (χ1n) is 9.58. The fourth-order valence-electron chi connectivity index (χ4n) is 2.90. The molecule has 154 valence electrons. The average Bonchev–Trinajstić information content (AvgIpc) is 3.51. The van der Waals surface area contributed by atoms with Crippen LogP contribution in [0.4, 0.5) is 0 Å². The van der Waals surface area contributed by atoms with Crippen LogP contribution in [0.2, 0.25) is 0 Å². The third kappa shape index (κ3) is 4.31. The molecular formula is C21H21N5O2S2. The predicted molar refractivity (Wildman–Crippen MR) is 118 cm³/mol.